The van der Waals surface area contributed by atoms with Crippen LogP contribution in [0.1, 0.15) is 32.1 Å². The van der Waals surface area contributed by atoms with E-state index in [9.17, 15) is 4.39 Å². The van der Waals surface area contributed by atoms with Crippen LogP contribution in [0.15, 0.2) is 24.4 Å². The zero-order chi connectivity index (χ0) is 30.9. The summed E-state index contributed by atoms with van der Waals surface area (Å²) in [4.78, 5) is 18.3. The van der Waals surface area contributed by atoms with Crippen LogP contribution in [-0.4, -0.2) is 82.5 Å². The number of alkyl halides is 1. The van der Waals surface area contributed by atoms with E-state index in [4.69, 9.17) is 36.8 Å². The summed E-state index contributed by atoms with van der Waals surface area (Å²) in [6, 6.07) is 6.34. The maximum absolute atomic E-state index is 17.3. The van der Waals surface area contributed by atoms with Crippen LogP contribution in [0.2, 0.25) is 5.02 Å². The van der Waals surface area contributed by atoms with Gasteiger partial charge >= 0.3 is 6.01 Å². The molecule has 5 aliphatic rings. The maximum atomic E-state index is 17.3. The number of aromatic nitrogens is 3. The van der Waals surface area contributed by atoms with Crippen LogP contribution in [0, 0.1) is 5.82 Å². The number of piperazine rings is 1. The Bertz CT molecular complexity index is 2090. The van der Waals surface area contributed by atoms with Gasteiger partial charge in [0.25, 0.3) is 0 Å². The molecule has 0 saturated carbocycles. The van der Waals surface area contributed by atoms with Crippen LogP contribution in [-0.2, 0) is 0 Å². The lowest BCUT2D eigenvalue weighted by molar-refractivity contribution is 0.107. The number of rotatable bonds is 4. The standard InChI is InChI=1S/C33H32ClF2N7O2S/c34-26-23(17-3-1-4-21-22(17)24-18(37)10-38-31(24)46-21)27(36)28-25-29(26)44-13-20-19-6-5-16(39-19)12-43(20)30(25)41-32(40-28)45-14-33-7-2-8-42(33)11-15(35)9-33/h1,3-4,10,15-16,19-20,38-39H,2,5-9,11-14,37H2/t15-,16?,19?,20?,33+/m1/s1. The summed E-state index contributed by atoms with van der Waals surface area (Å²) in [5, 5.41) is 6.03. The second-order valence-corrected chi connectivity index (χ2v) is 15.0. The SMILES string of the molecule is Nc1c[nH]c2sc3cccc(-c4c(Cl)c5c6c(nc(OC[C@@]78CCCN7C[C@H](F)C8)nc6c4F)N4CC6CCC(N6)C4CO5)c3c12. The van der Waals surface area contributed by atoms with Gasteiger partial charge in [0.15, 0.2) is 11.6 Å². The van der Waals surface area contributed by atoms with Gasteiger partial charge in [-0.05, 0) is 43.9 Å². The first kappa shape index (κ1) is 27.6. The topological polar surface area (TPSA) is 105 Å². The van der Waals surface area contributed by atoms with Crippen molar-refractivity contribution in [2.45, 2.75) is 61.9 Å². The van der Waals surface area contributed by atoms with Gasteiger partial charge in [-0.1, -0.05) is 23.7 Å². The summed E-state index contributed by atoms with van der Waals surface area (Å²) in [7, 11) is 0. The van der Waals surface area contributed by atoms with E-state index < -0.39 is 17.5 Å². The number of nitrogen functional groups attached to an aromatic ring is 1. The zero-order valence-corrected chi connectivity index (χ0v) is 26.5. The number of benzene rings is 2. The van der Waals surface area contributed by atoms with Crippen LogP contribution >= 0.6 is 22.9 Å². The molecule has 3 unspecified atom stereocenters. The van der Waals surface area contributed by atoms with E-state index in [2.05, 4.69) is 20.1 Å². The number of nitrogens with zero attached hydrogens (tertiary/aromatic N) is 4. The third-order valence-corrected chi connectivity index (χ3v) is 12.5. The molecule has 2 aromatic carbocycles. The highest BCUT2D eigenvalue weighted by atomic mass is 35.5. The Morgan fingerprint density at radius 2 is 2.11 bits per heavy atom. The molecule has 4 N–H and O–H groups in total. The fourth-order valence-corrected chi connectivity index (χ4v) is 10.4. The minimum absolute atomic E-state index is 0.0229. The van der Waals surface area contributed by atoms with Gasteiger partial charge in [-0.2, -0.15) is 9.97 Å². The van der Waals surface area contributed by atoms with E-state index in [0.717, 1.165) is 52.5 Å². The van der Waals surface area contributed by atoms with Crippen LogP contribution < -0.4 is 25.4 Å². The molecule has 46 heavy (non-hydrogen) atoms. The average molecular weight is 664 g/mol. The lowest BCUT2D eigenvalue weighted by Crippen LogP contribution is -2.60. The fourth-order valence-electron chi connectivity index (χ4n) is 8.98. The number of nitrogens with two attached hydrogens (primary N) is 1. The maximum Gasteiger partial charge on any atom is 0.319 e. The number of hydrogen-bond donors (Lipinski definition) is 3. The Hall–Kier alpha value is -3.45. The number of H-pyrrole nitrogens is 1. The van der Waals surface area contributed by atoms with Crippen LogP contribution in [0.5, 0.6) is 11.8 Å². The zero-order valence-electron chi connectivity index (χ0n) is 24.9. The van der Waals surface area contributed by atoms with E-state index in [-0.39, 0.29) is 40.8 Å². The van der Waals surface area contributed by atoms with Crippen LogP contribution in [0.4, 0.5) is 20.3 Å². The lowest BCUT2D eigenvalue weighted by Gasteiger charge is -2.40. The predicted octanol–water partition coefficient (Wildman–Crippen LogP) is 6.02. The smallest absolute Gasteiger partial charge is 0.319 e. The summed E-state index contributed by atoms with van der Waals surface area (Å²) in [6.07, 6.45) is 5.22. The number of ether oxygens (including phenoxy) is 2. The van der Waals surface area contributed by atoms with E-state index in [1.807, 2.05) is 18.2 Å². The Labute approximate surface area is 272 Å². The van der Waals surface area contributed by atoms with E-state index >= 15 is 4.39 Å². The fraction of sp³-hybridized carbons (Fsp3) is 0.455. The molecule has 10 rings (SSSR count). The average Bonchev–Trinajstić information content (AvgIpc) is 3.83. The third-order valence-electron chi connectivity index (χ3n) is 11.0. The molecule has 4 fully saturated rings. The monoisotopic (exact) mass is 663 g/mol. The first-order valence-corrected chi connectivity index (χ1v) is 17.3. The highest BCUT2D eigenvalue weighted by Crippen LogP contribution is 2.52. The van der Waals surface area contributed by atoms with Crippen LogP contribution in [0.3, 0.4) is 0 Å². The van der Waals surface area contributed by atoms with Crippen molar-refractivity contribution in [3.8, 4) is 22.9 Å². The molecule has 238 valence electrons. The van der Waals surface area contributed by atoms with Crippen molar-refractivity contribution >= 4 is 65.6 Å². The Balaban J connectivity index is 1.19. The first-order chi connectivity index (χ1) is 22.4. The number of nitrogens with one attached hydrogen (secondary N) is 2. The van der Waals surface area contributed by atoms with Crippen LogP contribution in [0.25, 0.3) is 42.3 Å². The normalized spacial score (nSPS) is 28.6. The molecule has 0 amide bonds. The van der Waals surface area contributed by atoms with Gasteiger partial charge in [-0.3, -0.25) is 4.90 Å². The minimum atomic E-state index is -0.884. The predicted molar refractivity (Wildman–Crippen MR) is 177 cm³/mol. The molecular weight excluding hydrogens is 632 g/mol. The van der Waals surface area contributed by atoms with Crippen molar-refractivity contribution in [3.05, 3.63) is 35.2 Å². The first-order valence-electron chi connectivity index (χ1n) is 16.1. The molecule has 0 radical (unpaired) electrons. The van der Waals surface area contributed by atoms with E-state index in [1.54, 1.807) is 17.5 Å². The molecule has 5 aromatic rings. The van der Waals surface area contributed by atoms with Crippen molar-refractivity contribution in [1.82, 2.24) is 25.2 Å². The van der Waals surface area contributed by atoms with Crippen molar-refractivity contribution in [2.75, 3.05) is 43.5 Å². The van der Waals surface area contributed by atoms with Gasteiger partial charge in [-0.25, -0.2) is 8.78 Å². The minimum Gasteiger partial charge on any atom is -0.489 e. The second kappa shape index (κ2) is 9.79. The van der Waals surface area contributed by atoms with E-state index in [0.29, 0.717) is 60.4 Å². The number of hydrogen-bond acceptors (Lipinski definition) is 9. The molecule has 5 aliphatic heterocycles. The molecule has 0 aliphatic carbocycles. The van der Waals surface area contributed by atoms with Crippen molar-refractivity contribution in [3.63, 3.8) is 0 Å². The molecule has 4 saturated heterocycles. The van der Waals surface area contributed by atoms with Crippen molar-refractivity contribution < 1.29 is 18.3 Å². The third kappa shape index (κ3) is 3.78. The van der Waals surface area contributed by atoms with Gasteiger partial charge in [0, 0.05) is 58.8 Å². The van der Waals surface area contributed by atoms with Gasteiger partial charge in [0.05, 0.1) is 27.7 Å². The summed E-state index contributed by atoms with van der Waals surface area (Å²) < 4.78 is 45.7. The molecule has 2 bridgehead atoms. The number of thiophene rings is 1. The summed E-state index contributed by atoms with van der Waals surface area (Å²) >= 11 is 8.77. The Kier molecular flexibility index (Phi) is 5.88. The highest BCUT2D eigenvalue weighted by Gasteiger charge is 2.50. The lowest BCUT2D eigenvalue weighted by atomic mass is 9.95. The molecule has 13 heteroatoms. The number of halogens is 3. The summed E-state index contributed by atoms with van der Waals surface area (Å²) in [5.41, 5.74) is 7.52. The van der Waals surface area contributed by atoms with Crippen molar-refractivity contribution in [1.29, 1.82) is 0 Å². The highest BCUT2D eigenvalue weighted by molar-refractivity contribution is 7.25. The molecule has 5 atom stereocenters. The van der Waals surface area contributed by atoms with Crippen molar-refractivity contribution in [2.24, 2.45) is 0 Å². The van der Waals surface area contributed by atoms with Gasteiger partial charge in [0.1, 0.15) is 35.6 Å². The largest absolute Gasteiger partial charge is 0.489 e. The van der Waals surface area contributed by atoms with Gasteiger partial charge < -0.3 is 30.4 Å². The molecule has 0 spiro atoms. The molecule has 9 nitrogen and oxygen atoms in total. The number of aromatic amines is 1. The Morgan fingerprint density at radius 3 is 3.02 bits per heavy atom. The quantitative estimate of drug-likeness (QED) is 0.214. The van der Waals surface area contributed by atoms with E-state index in [1.165, 1.54) is 0 Å². The second-order valence-electron chi connectivity index (χ2n) is 13.6. The molecular formula is C33H32ClF2N7O2S. The summed E-state index contributed by atoms with van der Waals surface area (Å²) in [6.45, 7) is 2.59. The molecule has 3 aromatic heterocycles. The Morgan fingerprint density at radius 1 is 1.20 bits per heavy atom. The van der Waals surface area contributed by atoms with Gasteiger partial charge in [-0.15, -0.1) is 11.3 Å². The van der Waals surface area contributed by atoms with Gasteiger partial charge in [0.2, 0.25) is 0 Å². The molecule has 8 heterocycles. The summed E-state index contributed by atoms with van der Waals surface area (Å²) in [5.74, 6) is 0.385. The number of anilines is 2. The number of fused-ring (bicyclic) bond motifs is 9.